The number of amides is 1. The summed E-state index contributed by atoms with van der Waals surface area (Å²) >= 11 is 0. The van der Waals surface area contributed by atoms with Gasteiger partial charge in [-0.1, -0.05) is 36.4 Å². The molecule has 5 heteroatoms. The Morgan fingerprint density at radius 1 is 1.07 bits per heavy atom. The summed E-state index contributed by atoms with van der Waals surface area (Å²) in [5.74, 6) is 0.245. The van der Waals surface area contributed by atoms with Crippen LogP contribution in [-0.4, -0.2) is 36.8 Å². The van der Waals surface area contributed by atoms with Gasteiger partial charge in [0.15, 0.2) is 11.5 Å². The van der Waals surface area contributed by atoms with Crippen LogP contribution in [0.15, 0.2) is 59.0 Å². The number of piperidine rings is 1. The number of carbonyl (C=O) groups excluding carboxylic acids is 2. The third kappa shape index (κ3) is 3.45. The number of benzene rings is 2. The van der Waals surface area contributed by atoms with Gasteiger partial charge in [-0.15, -0.1) is 0 Å². The van der Waals surface area contributed by atoms with Crippen molar-refractivity contribution in [3.63, 3.8) is 0 Å². The predicted molar refractivity (Wildman–Crippen MR) is 102 cm³/mol. The van der Waals surface area contributed by atoms with Crippen LogP contribution in [0, 0.1) is 5.92 Å². The van der Waals surface area contributed by atoms with Crippen molar-refractivity contribution < 1.29 is 18.7 Å². The second-order valence-corrected chi connectivity index (χ2v) is 6.84. The van der Waals surface area contributed by atoms with Crippen LogP contribution in [0.4, 0.5) is 0 Å². The van der Waals surface area contributed by atoms with Crippen molar-refractivity contribution in [3.8, 4) is 5.95 Å². The van der Waals surface area contributed by atoms with Gasteiger partial charge in [-0.25, -0.2) is 0 Å². The van der Waals surface area contributed by atoms with Crippen molar-refractivity contribution in [2.75, 3.05) is 20.2 Å². The molecule has 0 bridgehead atoms. The number of rotatable bonds is 4. The van der Waals surface area contributed by atoms with Crippen LogP contribution in [0.2, 0.25) is 0 Å². The van der Waals surface area contributed by atoms with E-state index >= 15 is 0 Å². The lowest BCUT2D eigenvalue weighted by Gasteiger charge is -2.31. The Bertz CT molecular complexity index is 991. The zero-order valence-corrected chi connectivity index (χ0v) is 15.2. The monoisotopic (exact) mass is 363 g/mol. The molecule has 0 unspecified atom stereocenters. The molecule has 1 saturated heterocycles. The third-order valence-electron chi connectivity index (χ3n) is 5.11. The van der Waals surface area contributed by atoms with Gasteiger partial charge >= 0.3 is 0 Å². The molecule has 138 valence electrons. The van der Waals surface area contributed by atoms with Crippen molar-refractivity contribution in [3.05, 3.63) is 65.9 Å². The van der Waals surface area contributed by atoms with Gasteiger partial charge in [0.2, 0.25) is 0 Å². The first kappa shape index (κ1) is 17.3. The second kappa shape index (κ2) is 7.27. The highest BCUT2D eigenvalue weighted by Gasteiger charge is 2.30. The van der Waals surface area contributed by atoms with Gasteiger partial charge in [0.05, 0.1) is 7.11 Å². The lowest BCUT2D eigenvalue weighted by Crippen LogP contribution is -2.42. The lowest BCUT2D eigenvalue weighted by atomic mass is 9.89. The van der Waals surface area contributed by atoms with Gasteiger partial charge in [0.1, 0.15) is 0 Å². The Labute approximate surface area is 157 Å². The maximum Gasteiger partial charge on any atom is 0.289 e. The van der Waals surface area contributed by atoms with E-state index in [2.05, 4.69) is 0 Å². The van der Waals surface area contributed by atoms with Gasteiger partial charge in [-0.3, -0.25) is 9.59 Å². The first-order valence-corrected chi connectivity index (χ1v) is 9.12. The Hall–Kier alpha value is -3.08. The molecule has 1 amide bonds. The Kier molecular flexibility index (Phi) is 4.67. The number of ketones is 1. The summed E-state index contributed by atoms with van der Waals surface area (Å²) in [5.41, 5.74) is 0.702. The van der Waals surface area contributed by atoms with Crippen LogP contribution in [0.25, 0.3) is 10.8 Å². The fourth-order valence-corrected chi connectivity index (χ4v) is 3.65. The molecule has 0 saturated carbocycles. The zero-order valence-electron chi connectivity index (χ0n) is 15.2. The van der Waals surface area contributed by atoms with Crippen molar-refractivity contribution >= 4 is 22.5 Å². The molecule has 27 heavy (non-hydrogen) atoms. The Morgan fingerprint density at radius 2 is 1.89 bits per heavy atom. The van der Waals surface area contributed by atoms with Crippen LogP contribution in [-0.2, 0) is 0 Å². The molecule has 0 aliphatic carbocycles. The predicted octanol–water partition coefficient (Wildman–Crippen LogP) is 4.18. The molecule has 3 aromatic rings. The summed E-state index contributed by atoms with van der Waals surface area (Å²) < 4.78 is 10.4. The van der Waals surface area contributed by atoms with Crippen LogP contribution in [0.1, 0.15) is 33.8 Å². The minimum atomic E-state index is -0.200. The summed E-state index contributed by atoms with van der Waals surface area (Å²) in [4.78, 5) is 27.4. The standard InChI is InChI=1S/C22H21NO4/c1-26-20-11-10-19(27-20)22(25)23-12-4-7-18(14-23)21(24)17-9-8-15-5-2-3-6-16(15)13-17/h2-3,5-6,8-11,13,18H,4,7,12,14H2,1H3/t18-/m0/s1. The number of methoxy groups -OCH3 is 1. The molecular weight excluding hydrogens is 342 g/mol. The van der Waals surface area contributed by atoms with Crippen molar-refractivity contribution in [2.24, 2.45) is 5.92 Å². The van der Waals surface area contributed by atoms with Gasteiger partial charge in [0.25, 0.3) is 11.9 Å². The van der Waals surface area contributed by atoms with Crippen molar-refractivity contribution in [1.29, 1.82) is 0 Å². The minimum absolute atomic E-state index is 0.0929. The fraction of sp³-hybridized carbons (Fsp3) is 0.273. The summed E-state index contributed by atoms with van der Waals surface area (Å²) in [7, 11) is 1.49. The zero-order chi connectivity index (χ0) is 18.8. The normalized spacial score (nSPS) is 17.1. The van der Waals surface area contributed by atoms with E-state index in [0.717, 1.165) is 23.6 Å². The molecule has 0 radical (unpaired) electrons. The third-order valence-corrected chi connectivity index (χ3v) is 5.11. The molecule has 4 rings (SSSR count). The van der Waals surface area contributed by atoms with Crippen LogP contribution in [0.3, 0.4) is 0 Å². The van der Waals surface area contributed by atoms with E-state index in [1.807, 2.05) is 42.5 Å². The largest absolute Gasteiger partial charge is 0.468 e. The molecule has 0 N–H and O–H groups in total. The number of hydrogen-bond acceptors (Lipinski definition) is 4. The maximum atomic E-state index is 13.0. The Morgan fingerprint density at radius 3 is 2.67 bits per heavy atom. The highest BCUT2D eigenvalue weighted by Crippen LogP contribution is 2.25. The summed E-state index contributed by atoms with van der Waals surface area (Å²) in [6, 6.07) is 17.0. The van der Waals surface area contributed by atoms with E-state index in [-0.39, 0.29) is 23.4 Å². The molecule has 0 spiro atoms. The SMILES string of the molecule is COc1ccc(C(=O)N2CCC[C@H](C(=O)c3ccc4ccccc4c3)C2)o1. The smallest absolute Gasteiger partial charge is 0.289 e. The molecule has 1 aliphatic rings. The van der Waals surface area contributed by atoms with Gasteiger partial charge < -0.3 is 14.1 Å². The molecule has 1 aromatic heterocycles. The molecule has 2 heterocycles. The van der Waals surface area contributed by atoms with Crippen molar-refractivity contribution in [1.82, 2.24) is 4.90 Å². The Balaban J connectivity index is 1.51. The van der Waals surface area contributed by atoms with Crippen LogP contribution >= 0.6 is 0 Å². The van der Waals surface area contributed by atoms with E-state index in [1.54, 1.807) is 17.0 Å². The number of fused-ring (bicyclic) bond motifs is 1. The van der Waals surface area contributed by atoms with Gasteiger partial charge in [-0.05, 0) is 35.7 Å². The summed E-state index contributed by atoms with van der Waals surface area (Å²) in [6.45, 7) is 1.04. The first-order valence-electron chi connectivity index (χ1n) is 9.12. The average molecular weight is 363 g/mol. The summed E-state index contributed by atoms with van der Waals surface area (Å²) in [5, 5.41) is 2.16. The van der Waals surface area contributed by atoms with Crippen molar-refractivity contribution in [2.45, 2.75) is 12.8 Å². The fourth-order valence-electron chi connectivity index (χ4n) is 3.65. The highest BCUT2D eigenvalue weighted by atomic mass is 16.6. The number of furan rings is 1. The van der Waals surface area contributed by atoms with E-state index in [0.29, 0.717) is 24.6 Å². The molecular formula is C22H21NO4. The number of nitrogens with zero attached hydrogens (tertiary/aromatic N) is 1. The van der Waals surface area contributed by atoms with Gasteiger partial charge in [0, 0.05) is 30.6 Å². The number of likely N-dealkylation sites (tertiary alicyclic amines) is 1. The average Bonchev–Trinajstić information content (AvgIpc) is 3.21. The first-order chi connectivity index (χ1) is 13.2. The minimum Gasteiger partial charge on any atom is -0.468 e. The van der Waals surface area contributed by atoms with E-state index in [9.17, 15) is 9.59 Å². The quantitative estimate of drug-likeness (QED) is 0.653. The molecule has 2 aromatic carbocycles. The number of Topliss-reactive ketones (excluding diaryl/α,β-unsaturated/α-hetero) is 1. The summed E-state index contributed by atoms with van der Waals surface area (Å²) in [6.07, 6.45) is 1.59. The van der Waals surface area contributed by atoms with Crippen LogP contribution < -0.4 is 4.74 Å². The molecule has 1 atom stereocenters. The van der Waals surface area contributed by atoms with Crippen LogP contribution in [0.5, 0.6) is 5.95 Å². The molecule has 5 nitrogen and oxygen atoms in total. The number of carbonyl (C=O) groups is 2. The molecule has 1 aliphatic heterocycles. The second-order valence-electron chi connectivity index (χ2n) is 6.84. The van der Waals surface area contributed by atoms with E-state index < -0.39 is 0 Å². The molecule has 1 fully saturated rings. The number of ether oxygens (including phenoxy) is 1. The topological polar surface area (TPSA) is 59.8 Å². The van der Waals surface area contributed by atoms with E-state index in [4.69, 9.17) is 9.15 Å². The maximum absolute atomic E-state index is 13.0. The van der Waals surface area contributed by atoms with E-state index in [1.165, 1.54) is 7.11 Å². The highest BCUT2D eigenvalue weighted by molar-refractivity contribution is 6.02. The lowest BCUT2D eigenvalue weighted by molar-refractivity contribution is 0.0606. The van der Waals surface area contributed by atoms with Gasteiger partial charge in [-0.2, -0.15) is 0 Å². The number of hydrogen-bond donors (Lipinski definition) is 0.